The Morgan fingerprint density at radius 3 is 1.02 bits per heavy atom. The summed E-state index contributed by atoms with van der Waals surface area (Å²) in [6, 6.07) is 87.2. The Morgan fingerprint density at radius 1 is 0.230 bits per heavy atom. The Balaban J connectivity index is 0.990. The molecule has 0 aliphatic heterocycles. The van der Waals surface area contributed by atoms with Crippen LogP contribution >= 0.6 is 0 Å². The first-order chi connectivity index (χ1) is 30.2. The first-order valence-electron chi connectivity index (χ1n) is 20.9. The zero-order valence-electron chi connectivity index (χ0n) is 33.5. The van der Waals surface area contributed by atoms with Crippen LogP contribution in [0.5, 0.6) is 0 Å². The van der Waals surface area contributed by atoms with Gasteiger partial charge in [0.1, 0.15) is 0 Å². The van der Waals surface area contributed by atoms with E-state index in [1.54, 1.807) is 0 Å². The number of benzene rings is 9. The van der Waals surface area contributed by atoms with Gasteiger partial charge in [0.2, 0.25) is 0 Å². The predicted octanol–water partition coefficient (Wildman–Crippen LogP) is 15.8. The average molecular weight is 777 g/mol. The van der Waals surface area contributed by atoms with Crippen molar-refractivity contribution in [3.05, 3.63) is 243 Å². The molecule has 11 aromatic rings. The van der Waals surface area contributed by atoms with Crippen molar-refractivity contribution in [1.82, 2.24) is 9.55 Å². The molecule has 2 nitrogen and oxygen atoms in total. The summed E-state index contributed by atoms with van der Waals surface area (Å²) in [5, 5.41) is 2.54. The van der Waals surface area contributed by atoms with Gasteiger partial charge in [-0.25, -0.2) is 4.98 Å². The van der Waals surface area contributed by atoms with E-state index in [0.717, 1.165) is 61.6 Å². The van der Waals surface area contributed by atoms with Gasteiger partial charge in [0.05, 0.1) is 22.4 Å². The van der Waals surface area contributed by atoms with Crippen LogP contribution < -0.4 is 0 Å². The summed E-state index contributed by atoms with van der Waals surface area (Å²) in [7, 11) is 0. The van der Waals surface area contributed by atoms with Gasteiger partial charge in [-0.1, -0.05) is 188 Å². The number of fused-ring (bicyclic) bond motifs is 3. The summed E-state index contributed by atoms with van der Waals surface area (Å²) in [5.74, 6) is 0. The molecular formula is C59H40N2. The lowest BCUT2D eigenvalue weighted by Gasteiger charge is -2.14. The minimum atomic E-state index is 0.934. The van der Waals surface area contributed by atoms with Crippen molar-refractivity contribution >= 4 is 21.8 Å². The highest BCUT2D eigenvalue weighted by molar-refractivity contribution is 6.09. The molecule has 0 N–H and O–H groups in total. The van der Waals surface area contributed by atoms with Crippen LogP contribution in [0.25, 0.3) is 106 Å². The molecule has 0 saturated heterocycles. The van der Waals surface area contributed by atoms with E-state index in [0.29, 0.717) is 0 Å². The lowest BCUT2D eigenvalue weighted by Crippen LogP contribution is -1.93. The summed E-state index contributed by atoms with van der Waals surface area (Å²) in [4.78, 5) is 5.33. The van der Waals surface area contributed by atoms with E-state index in [9.17, 15) is 0 Å². The van der Waals surface area contributed by atoms with E-state index < -0.39 is 0 Å². The van der Waals surface area contributed by atoms with E-state index >= 15 is 0 Å². The molecule has 61 heavy (non-hydrogen) atoms. The standard InChI is InChI=1S/C59H40N2/c1-4-14-41(15-5-1)43-24-28-46(29-25-43)49-36-50(38-52(37-49)57-40-51(42-16-6-2-7-17-42)39-56(60-57)48-18-8-3-9-19-48)47-30-26-44(27-31-47)45-32-34-53(35-33-45)61-58-22-12-10-20-54(58)55-21-11-13-23-59(55)61/h1-40H. The number of aromatic nitrogens is 2. The fourth-order valence-corrected chi connectivity index (χ4v) is 8.69. The Morgan fingerprint density at radius 2 is 0.541 bits per heavy atom. The van der Waals surface area contributed by atoms with Gasteiger partial charge in [-0.2, -0.15) is 0 Å². The molecule has 286 valence electrons. The van der Waals surface area contributed by atoms with Crippen molar-refractivity contribution < 1.29 is 0 Å². The van der Waals surface area contributed by atoms with Crippen molar-refractivity contribution in [1.29, 1.82) is 0 Å². The molecule has 0 fully saturated rings. The van der Waals surface area contributed by atoms with Crippen LogP contribution in [0.15, 0.2) is 243 Å². The molecule has 2 heteroatoms. The molecule has 0 atom stereocenters. The van der Waals surface area contributed by atoms with E-state index in [-0.39, 0.29) is 0 Å². The zero-order chi connectivity index (χ0) is 40.5. The molecule has 9 aromatic carbocycles. The third-order valence-corrected chi connectivity index (χ3v) is 11.8. The molecule has 0 unspecified atom stereocenters. The highest BCUT2D eigenvalue weighted by Gasteiger charge is 2.15. The van der Waals surface area contributed by atoms with E-state index in [2.05, 4.69) is 247 Å². The predicted molar refractivity (Wildman–Crippen MR) is 257 cm³/mol. The summed E-state index contributed by atoms with van der Waals surface area (Å²) >= 11 is 0. The minimum absolute atomic E-state index is 0.934. The zero-order valence-corrected chi connectivity index (χ0v) is 33.5. The number of hydrogen-bond acceptors (Lipinski definition) is 1. The maximum absolute atomic E-state index is 5.33. The second-order valence-electron chi connectivity index (χ2n) is 15.6. The second kappa shape index (κ2) is 15.6. The molecule has 0 saturated carbocycles. The first-order valence-corrected chi connectivity index (χ1v) is 20.9. The van der Waals surface area contributed by atoms with Crippen molar-refractivity contribution in [2.75, 3.05) is 0 Å². The van der Waals surface area contributed by atoms with Crippen LogP contribution in [0.2, 0.25) is 0 Å². The Hall–Kier alpha value is -8.07. The number of rotatable bonds is 8. The van der Waals surface area contributed by atoms with E-state index in [1.165, 1.54) is 44.1 Å². The SMILES string of the molecule is c1ccc(-c2ccc(-c3cc(-c4ccc(-c5ccc(-n6c7ccccc7c7ccccc76)cc5)cc4)cc(-c4cc(-c5ccccc5)cc(-c5ccccc5)n4)c3)cc2)cc1. The second-order valence-corrected chi connectivity index (χ2v) is 15.6. The quantitative estimate of drug-likeness (QED) is 0.150. The largest absolute Gasteiger partial charge is 0.309 e. The van der Waals surface area contributed by atoms with Crippen molar-refractivity contribution in [3.8, 4) is 83.8 Å². The number of hydrogen-bond donors (Lipinski definition) is 0. The van der Waals surface area contributed by atoms with Gasteiger partial charge >= 0.3 is 0 Å². The normalized spacial score (nSPS) is 11.3. The number of para-hydroxylation sites is 2. The van der Waals surface area contributed by atoms with Crippen LogP contribution in [0.4, 0.5) is 0 Å². The number of pyridine rings is 1. The molecule has 0 aliphatic carbocycles. The fourth-order valence-electron chi connectivity index (χ4n) is 8.69. The monoisotopic (exact) mass is 776 g/mol. The lowest BCUT2D eigenvalue weighted by atomic mass is 9.92. The molecule has 11 rings (SSSR count). The summed E-state index contributed by atoms with van der Waals surface area (Å²) in [6.07, 6.45) is 0. The van der Waals surface area contributed by atoms with Gasteiger partial charge < -0.3 is 4.57 Å². The van der Waals surface area contributed by atoms with Crippen LogP contribution in [-0.4, -0.2) is 9.55 Å². The van der Waals surface area contributed by atoms with Crippen LogP contribution in [0.1, 0.15) is 0 Å². The minimum Gasteiger partial charge on any atom is -0.309 e. The van der Waals surface area contributed by atoms with Gasteiger partial charge in [0.25, 0.3) is 0 Å². The molecular weight excluding hydrogens is 737 g/mol. The molecule has 0 amide bonds. The van der Waals surface area contributed by atoms with E-state index in [1.807, 2.05) is 0 Å². The van der Waals surface area contributed by atoms with Gasteiger partial charge in [-0.3, -0.25) is 0 Å². The lowest BCUT2D eigenvalue weighted by molar-refractivity contribution is 1.18. The highest BCUT2D eigenvalue weighted by atomic mass is 15.0. The van der Waals surface area contributed by atoms with Crippen LogP contribution in [0.3, 0.4) is 0 Å². The van der Waals surface area contributed by atoms with Gasteiger partial charge in [-0.05, 0) is 110 Å². The van der Waals surface area contributed by atoms with Crippen LogP contribution in [-0.2, 0) is 0 Å². The third kappa shape index (κ3) is 7.01. The van der Waals surface area contributed by atoms with Crippen LogP contribution in [0, 0.1) is 0 Å². The van der Waals surface area contributed by atoms with Crippen molar-refractivity contribution in [2.45, 2.75) is 0 Å². The highest BCUT2D eigenvalue weighted by Crippen LogP contribution is 2.38. The average Bonchev–Trinajstić information content (AvgIpc) is 3.69. The smallest absolute Gasteiger partial charge is 0.0716 e. The van der Waals surface area contributed by atoms with Gasteiger partial charge in [0, 0.05) is 27.6 Å². The summed E-state index contributed by atoms with van der Waals surface area (Å²) in [5.41, 5.74) is 19.3. The number of nitrogens with zero attached hydrogens (tertiary/aromatic N) is 2. The molecule has 0 bridgehead atoms. The summed E-state index contributed by atoms with van der Waals surface area (Å²) in [6.45, 7) is 0. The molecule has 0 aliphatic rings. The fraction of sp³-hybridized carbons (Fsp3) is 0. The van der Waals surface area contributed by atoms with Gasteiger partial charge in [-0.15, -0.1) is 0 Å². The maximum atomic E-state index is 5.33. The molecule has 2 heterocycles. The van der Waals surface area contributed by atoms with Crippen molar-refractivity contribution in [3.63, 3.8) is 0 Å². The third-order valence-electron chi connectivity index (χ3n) is 11.8. The summed E-state index contributed by atoms with van der Waals surface area (Å²) < 4.78 is 2.37. The van der Waals surface area contributed by atoms with E-state index in [4.69, 9.17) is 4.98 Å². The first kappa shape index (κ1) is 36.0. The maximum Gasteiger partial charge on any atom is 0.0716 e. The van der Waals surface area contributed by atoms with Crippen molar-refractivity contribution in [2.24, 2.45) is 0 Å². The topological polar surface area (TPSA) is 17.8 Å². The molecule has 2 aromatic heterocycles. The Labute approximate surface area is 356 Å². The Kier molecular flexibility index (Phi) is 9.22. The molecule has 0 spiro atoms. The van der Waals surface area contributed by atoms with Gasteiger partial charge in [0.15, 0.2) is 0 Å². The molecule has 0 radical (unpaired) electrons. The Bertz CT molecular complexity index is 3180.